The average Bonchev–Trinajstić information content (AvgIpc) is 3.20. The molecule has 15 heteroatoms. The van der Waals surface area contributed by atoms with Crippen LogP contribution in [0.1, 0.15) is 44.7 Å². The first-order chi connectivity index (χ1) is 21.9. The van der Waals surface area contributed by atoms with Crippen molar-refractivity contribution < 1.29 is 39.6 Å². The fraction of sp³-hybridized carbons (Fsp3) is 0.406. The summed E-state index contributed by atoms with van der Waals surface area (Å²) in [6.07, 6.45) is -2.81. The largest absolute Gasteiger partial charge is 0.408 e. The molecule has 47 heavy (non-hydrogen) atoms. The van der Waals surface area contributed by atoms with Crippen molar-refractivity contribution in [2.24, 2.45) is 11.7 Å². The predicted molar refractivity (Wildman–Crippen MR) is 169 cm³/mol. The van der Waals surface area contributed by atoms with Gasteiger partial charge in [0.15, 0.2) is 20.6 Å². The number of Topliss-reactive ketones (excluding diaryl/α,β-unsaturated/α-hetero) is 1. The van der Waals surface area contributed by atoms with Gasteiger partial charge in [0.1, 0.15) is 6.04 Å². The quantitative estimate of drug-likeness (QED) is 0.311. The molecule has 10 nitrogen and oxygen atoms in total. The Balaban J connectivity index is 1.77. The van der Waals surface area contributed by atoms with Gasteiger partial charge in [0, 0.05) is 19.0 Å². The maximum Gasteiger partial charge on any atom is 0.408 e. The number of sulfonamides is 1. The van der Waals surface area contributed by atoms with Gasteiger partial charge >= 0.3 is 6.18 Å². The second-order valence-electron chi connectivity index (χ2n) is 12.0. The van der Waals surface area contributed by atoms with Gasteiger partial charge in [0.2, 0.25) is 5.91 Å². The topological polar surface area (TPSA) is 148 Å². The monoisotopic (exact) mass is 694 g/mol. The molecule has 254 valence electrons. The van der Waals surface area contributed by atoms with E-state index in [-0.39, 0.29) is 47.2 Å². The van der Waals surface area contributed by atoms with E-state index >= 15 is 13.2 Å². The minimum Gasteiger partial charge on any atom is -0.368 e. The van der Waals surface area contributed by atoms with Gasteiger partial charge in [-0.3, -0.25) is 14.5 Å². The Morgan fingerprint density at radius 1 is 1.00 bits per heavy atom. The van der Waals surface area contributed by atoms with E-state index in [2.05, 4.69) is 4.98 Å². The van der Waals surface area contributed by atoms with Crippen LogP contribution in [-0.2, 0) is 29.4 Å². The fourth-order valence-corrected chi connectivity index (χ4v) is 7.83. The summed E-state index contributed by atoms with van der Waals surface area (Å²) in [4.78, 5) is 31.5. The minimum absolute atomic E-state index is 0.0408. The normalized spacial score (nSPS) is 18.2. The fourth-order valence-electron chi connectivity index (χ4n) is 5.82. The summed E-state index contributed by atoms with van der Waals surface area (Å²) < 4.78 is 96.7. The van der Waals surface area contributed by atoms with E-state index in [0.29, 0.717) is 11.1 Å². The highest BCUT2D eigenvalue weighted by atomic mass is 32.2. The molecule has 1 fully saturated rings. The molecule has 1 aromatic heterocycles. The van der Waals surface area contributed by atoms with Crippen LogP contribution < -0.4 is 5.73 Å². The second kappa shape index (κ2) is 14.2. The molecule has 0 bridgehead atoms. The van der Waals surface area contributed by atoms with Gasteiger partial charge in [0.05, 0.1) is 23.5 Å². The third-order valence-electron chi connectivity index (χ3n) is 8.02. The molecule has 1 aliphatic rings. The Morgan fingerprint density at radius 2 is 1.60 bits per heavy atom. The van der Waals surface area contributed by atoms with Gasteiger partial charge < -0.3 is 5.73 Å². The number of alkyl halides is 3. The van der Waals surface area contributed by atoms with E-state index in [9.17, 15) is 26.4 Å². The Kier molecular flexibility index (Phi) is 10.9. The van der Waals surface area contributed by atoms with Crippen LogP contribution in [0.5, 0.6) is 0 Å². The Bertz CT molecular complexity index is 1780. The molecule has 1 saturated heterocycles. The summed E-state index contributed by atoms with van der Waals surface area (Å²) in [6.45, 7) is 2.59. The van der Waals surface area contributed by atoms with Crippen molar-refractivity contribution in [3.05, 3.63) is 78.5 Å². The number of ketones is 1. The van der Waals surface area contributed by atoms with Gasteiger partial charge in [0.25, 0.3) is 10.0 Å². The molecule has 4 rings (SSSR count). The lowest BCUT2D eigenvalue weighted by Gasteiger charge is -2.42. The average molecular weight is 695 g/mol. The van der Waals surface area contributed by atoms with E-state index in [0.717, 1.165) is 15.5 Å². The molecule has 0 radical (unpaired) electrons. The molecule has 2 N–H and O–H groups in total. The zero-order valence-corrected chi connectivity index (χ0v) is 27.7. The van der Waals surface area contributed by atoms with Crippen LogP contribution in [0.4, 0.5) is 13.2 Å². The molecule has 0 aliphatic carbocycles. The van der Waals surface area contributed by atoms with E-state index in [1.54, 1.807) is 26.0 Å². The Morgan fingerprint density at radius 3 is 2.09 bits per heavy atom. The number of carbonyl (C=O) groups excluding carboxylic acids is 2. The van der Waals surface area contributed by atoms with Crippen molar-refractivity contribution in [1.29, 1.82) is 0 Å². The highest BCUT2D eigenvalue weighted by Crippen LogP contribution is 2.43. The summed E-state index contributed by atoms with van der Waals surface area (Å²) in [5.41, 5.74) is 6.56. The van der Waals surface area contributed by atoms with E-state index in [1.807, 2.05) is 0 Å². The highest BCUT2D eigenvalue weighted by molar-refractivity contribution is 7.90. The molecular formula is C32H37F3N4O6S2. The van der Waals surface area contributed by atoms with Crippen LogP contribution in [-0.4, -0.2) is 80.3 Å². The third kappa shape index (κ3) is 8.44. The van der Waals surface area contributed by atoms with Gasteiger partial charge in [-0.05, 0) is 66.1 Å². The van der Waals surface area contributed by atoms with Crippen molar-refractivity contribution in [3.8, 4) is 11.1 Å². The van der Waals surface area contributed by atoms with Crippen LogP contribution in [0.2, 0.25) is 0 Å². The van der Waals surface area contributed by atoms with Gasteiger partial charge in [-0.1, -0.05) is 56.3 Å². The number of aromatic nitrogens is 1. The van der Waals surface area contributed by atoms with Crippen molar-refractivity contribution in [3.63, 3.8) is 0 Å². The highest BCUT2D eigenvalue weighted by Gasteiger charge is 2.52. The van der Waals surface area contributed by atoms with E-state index in [1.165, 1.54) is 60.8 Å². The molecule has 2 aromatic carbocycles. The van der Waals surface area contributed by atoms with Crippen molar-refractivity contribution in [2.75, 3.05) is 19.3 Å². The van der Waals surface area contributed by atoms with Gasteiger partial charge in [-0.25, -0.2) is 21.8 Å². The summed E-state index contributed by atoms with van der Waals surface area (Å²) >= 11 is 0. The maximum absolute atomic E-state index is 15.2. The SMILES string of the molecule is CC(C)C[C@@H](C(N)=O)N(C1CCCN(S(=O)(=O)c2ccccn2)CC1=O)[C@@H](c1ccc(-c2ccc(S(C)(=O)=O)cc2)cc1)C(F)(F)F. The third-order valence-corrected chi connectivity index (χ3v) is 10.9. The predicted octanol–water partition coefficient (Wildman–Crippen LogP) is 4.38. The number of hydrogen-bond acceptors (Lipinski definition) is 8. The summed E-state index contributed by atoms with van der Waals surface area (Å²) in [6, 6.07) is 10.1. The van der Waals surface area contributed by atoms with E-state index in [4.69, 9.17) is 5.73 Å². The Labute approximate surface area is 272 Å². The molecule has 1 unspecified atom stereocenters. The standard InChI is InChI=1S/C32H37F3N4O6S2/c1-21(2)19-27(31(36)41)39(26-7-6-18-38(20-28(26)40)47(44,45)29-8-4-5-17-37-29)30(32(33,34)35)24-11-9-22(10-12-24)23-13-15-25(16-14-23)46(3,42)43/h4-5,8-17,21,26-27,30H,6-7,18-20H2,1-3H3,(H2,36,41)/t26?,27-,30-/m0/s1. The van der Waals surface area contributed by atoms with Gasteiger partial charge in [-0.15, -0.1) is 0 Å². The first kappa shape index (κ1) is 36.2. The molecule has 0 saturated carbocycles. The molecule has 0 spiro atoms. The summed E-state index contributed by atoms with van der Waals surface area (Å²) in [7, 11) is -7.68. The van der Waals surface area contributed by atoms with Crippen molar-refractivity contribution >= 4 is 31.6 Å². The maximum atomic E-state index is 15.2. The lowest BCUT2D eigenvalue weighted by atomic mass is 9.91. The summed E-state index contributed by atoms with van der Waals surface area (Å²) in [5.74, 6) is -2.11. The number of halogens is 3. The lowest BCUT2D eigenvalue weighted by molar-refractivity contribution is -0.201. The van der Waals surface area contributed by atoms with Crippen LogP contribution in [0.15, 0.2) is 82.8 Å². The van der Waals surface area contributed by atoms with E-state index < -0.39 is 62.4 Å². The number of nitrogens with zero attached hydrogens (tertiary/aromatic N) is 3. The molecule has 2 heterocycles. The summed E-state index contributed by atoms with van der Waals surface area (Å²) in [5, 5.41) is -0.294. The van der Waals surface area contributed by atoms with Crippen LogP contribution in [0.3, 0.4) is 0 Å². The number of benzene rings is 2. The molecule has 3 atom stereocenters. The second-order valence-corrected chi connectivity index (χ2v) is 15.9. The number of rotatable bonds is 11. The number of sulfone groups is 1. The number of nitrogens with two attached hydrogens (primary N) is 1. The lowest BCUT2D eigenvalue weighted by Crippen LogP contribution is -2.58. The molecule has 1 amide bonds. The minimum atomic E-state index is -4.98. The number of amides is 1. The number of hydrogen-bond donors (Lipinski definition) is 1. The molecule has 3 aromatic rings. The first-order valence-corrected chi connectivity index (χ1v) is 18.2. The molecular weight excluding hydrogens is 658 g/mol. The zero-order valence-electron chi connectivity index (χ0n) is 26.1. The number of pyridine rings is 1. The Hall–Kier alpha value is -3.66. The smallest absolute Gasteiger partial charge is 0.368 e. The van der Waals surface area contributed by atoms with Crippen molar-refractivity contribution in [1.82, 2.24) is 14.2 Å². The van der Waals surface area contributed by atoms with Crippen LogP contribution in [0, 0.1) is 5.92 Å². The zero-order chi connectivity index (χ0) is 34.7. The number of carbonyl (C=O) groups is 2. The van der Waals surface area contributed by atoms with Crippen LogP contribution >= 0.6 is 0 Å². The van der Waals surface area contributed by atoms with Gasteiger partial charge in [-0.2, -0.15) is 17.5 Å². The number of primary amides is 1. The first-order valence-electron chi connectivity index (χ1n) is 14.9. The van der Waals surface area contributed by atoms with Crippen LogP contribution in [0.25, 0.3) is 11.1 Å². The molecule has 1 aliphatic heterocycles. The van der Waals surface area contributed by atoms with Crippen molar-refractivity contribution in [2.45, 2.75) is 67.3 Å².